The van der Waals surface area contributed by atoms with Crippen LogP contribution in [0.15, 0.2) is 28.2 Å². The van der Waals surface area contributed by atoms with Gasteiger partial charge in [0.1, 0.15) is 5.82 Å². The normalized spacial score (nSPS) is 13.8. The molecule has 0 spiro atoms. The molecule has 130 valence electrons. The van der Waals surface area contributed by atoms with Gasteiger partial charge in [-0.2, -0.15) is 0 Å². The van der Waals surface area contributed by atoms with E-state index in [1.54, 1.807) is 12.1 Å². The lowest BCUT2D eigenvalue weighted by Gasteiger charge is -2.18. The van der Waals surface area contributed by atoms with Crippen molar-refractivity contribution in [1.82, 2.24) is 9.97 Å². The van der Waals surface area contributed by atoms with Gasteiger partial charge in [0.25, 0.3) is 5.56 Å². The van der Waals surface area contributed by atoms with Crippen LogP contribution in [0.25, 0.3) is 0 Å². The van der Waals surface area contributed by atoms with Crippen LogP contribution in [-0.4, -0.2) is 15.2 Å². The number of hydrogen-bond acceptors (Lipinski definition) is 3. The first-order chi connectivity index (χ1) is 11.4. The molecule has 0 bridgehead atoms. The van der Waals surface area contributed by atoms with Crippen molar-refractivity contribution in [2.75, 3.05) is 0 Å². The van der Waals surface area contributed by atoms with Gasteiger partial charge in [0.05, 0.1) is 5.69 Å². The van der Waals surface area contributed by atoms with Crippen LogP contribution >= 0.6 is 23.4 Å². The molecule has 0 aliphatic rings. The summed E-state index contributed by atoms with van der Waals surface area (Å²) in [5, 5.41) is 1.25. The Balaban J connectivity index is 2.56. The summed E-state index contributed by atoms with van der Waals surface area (Å²) in [5.41, 5.74) is 1.40. The molecule has 2 aromatic rings. The number of nitrogens with one attached hydrogen (secondary N) is 1. The van der Waals surface area contributed by atoms with Crippen LogP contribution < -0.4 is 5.56 Å². The molecule has 24 heavy (non-hydrogen) atoms. The molecular formula is C18H22ClFN2OS. The molecule has 0 saturated heterocycles. The molecule has 6 heteroatoms. The highest BCUT2D eigenvalue weighted by atomic mass is 35.5. The number of nitrogens with zero attached hydrogens (tertiary/aromatic N) is 1. The zero-order valence-corrected chi connectivity index (χ0v) is 15.9. The Hall–Kier alpha value is -1.33. The summed E-state index contributed by atoms with van der Waals surface area (Å²) in [6.45, 7) is 7.89. The quantitative estimate of drug-likeness (QED) is 0.565. The van der Waals surface area contributed by atoms with Crippen LogP contribution in [0.1, 0.15) is 56.9 Å². The van der Waals surface area contributed by atoms with E-state index in [9.17, 15) is 9.18 Å². The molecule has 0 aliphatic carbocycles. The van der Waals surface area contributed by atoms with Crippen LogP contribution in [0.2, 0.25) is 5.02 Å². The van der Waals surface area contributed by atoms with Gasteiger partial charge in [0.2, 0.25) is 0 Å². The van der Waals surface area contributed by atoms with Gasteiger partial charge in [-0.15, -0.1) is 0 Å². The average Bonchev–Trinajstić information content (AvgIpc) is 2.53. The lowest BCUT2D eigenvalue weighted by atomic mass is 9.93. The Morgan fingerprint density at radius 3 is 2.62 bits per heavy atom. The van der Waals surface area contributed by atoms with E-state index in [-0.39, 0.29) is 11.4 Å². The zero-order valence-electron chi connectivity index (χ0n) is 14.3. The maximum Gasteiger partial charge on any atom is 0.254 e. The van der Waals surface area contributed by atoms with Crippen molar-refractivity contribution in [2.24, 2.45) is 0 Å². The van der Waals surface area contributed by atoms with E-state index in [1.807, 2.05) is 13.8 Å². The number of benzene rings is 1. The van der Waals surface area contributed by atoms with Gasteiger partial charge in [-0.05, 0) is 25.0 Å². The largest absolute Gasteiger partial charge is 0.301 e. The van der Waals surface area contributed by atoms with Crippen LogP contribution in [0.4, 0.5) is 4.39 Å². The van der Waals surface area contributed by atoms with Gasteiger partial charge >= 0.3 is 0 Å². The second kappa shape index (κ2) is 8.17. The Bertz CT molecular complexity index is 758. The molecule has 0 aliphatic heterocycles. The van der Waals surface area contributed by atoms with Gasteiger partial charge in [-0.1, -0.05) is 57.1 Å². The van der Waals surface area contributed by atoms with Gasteiger partial charge in [0.15, 0.2) is 5.16 Å². The van der Waals surface area contributed by atoms with E-state index >= 15 is 0 Å². The number of hydrogen-bond donors (Lipinski definition) is 1. The van der Waals surface area contributed by atoms with Crippen molar-refractivity contribution in [3.8, 4) is 0 Å². The predicted octanol–water partition coefficient (Wildman–Crippen LogP) is 5.17. The highest BCUT2D eigenvalue weighted by molar-refractivity contribution is 7.99. The average molecular weight is 369 g/mol. The van der Waals surface area contributed by atoms with Crippen LogP contribution in [-0.2, 0) is 6.42 Å². The second-order valence-electron chi connectivity index (χ2n) is 5.78. The number of rotatable bonds is 6. The molecule has 0 saturated carbocycles. The number of thioether (sulfide) groups is 1. The van der Waals surface area contributed by atoms with E-state index in [0.717, 1.165) is 6.42 Å². The highest BCUT2D eigenvalue weighted by Gasteiger charge is 2.23. The lowest BCUT2D eigenvalue weighted by molar-refractivity contribution is 0.598. The molecule has 2 atom stereocenters. The highest BCUT2D eigenvalue weighted by Crippen LogP contribution is 2.33. The van der Waals surface area contributed by atoms with Crippen molar-refractivity contribution in [3.63, 3.8) is 0 Å². The molecule has 0 fully saturated rings. The molecule has 1 heterocycles. The Kier molecular flexibility index (Phi) is 6.47. The minimum atomic E-state index is -0.396. The summed E-state index contributed by atoms with van der Waals surface area (Å²) in [5.74, 6) is -0.775. The third-order valence-electron chi connectivity index (χ3n) is 4.11. The van der Waals surface area contributed by atoms with Gasteiger partial charge in [0, 0.05) is 27.3 Å². The first-order valence-corrected chi connectivity index (χ1v) is 9.38. The maximum atomic E-state index is 14.3. The number of halogens is 2. The summed E-state index contributed by atoms with van der Waals surface area (Å²) < 4.78 is 14.3. The van der Waals surface area contributed by atoms with E-state index in [4.69, 9.17) is 11.6 Å². The van der Waals surface area contributed by atoms with Crippen molar-refractivity contribution < 1.29 is 4.39 Å². The van der Waals surface area contributed by atoms with Crippen LogP contribution in [0, 0.1) is 5.82 Å². The summed E-state index contributed by atoms with van der Waals surface area (Å²) in [7, 11) is 0. The number of aromatic nitrogens is 2. The fourth-order valence-corrected chi connectivity index (χ4v) is 3.76. The minimum Gasteiger partial charge on any atom is -0.301 e. The Morgan fingerprint density at radius 1 is 1.33 bits per heavy atom. The van der Waals surface area contributed by atoms with Crippen molar-refractivity contribution in [1.29, 1.82) is 0 Å². The molecule has 2 rings (SSSR count). The monoisotopic (exact) mass is 368 g/mol. The topological polar surface area (TPSA) is 45.8 Å². The minimum absolute atomic E-state index is 0.160. The smallest absolute Gasteiger partial charge is 0.254 e. The standard InChI is InChI=1S/C18H22ClFN2OS/c1-5-10(3)24-18-21-16(12(6-2)17(23)22-18)11(4)15-13(19)8-7-9-14(15)20/h7-11H,5-6H2,1-4H3,(H,21,22,23). The first kappa shape index (κ1) is 19.0. The SMILES string of the molecule is CCc1c(C(C)c2c(F)cccc2Cl)nc(SC(C)CC)[nH]c1=O. The molecular weight excluding hydrogens is 347 g/mol. The summed E-state index contributed by atoms with van der Waals surface area (Å²) in [4.78, 5) is 19.9. The fraction of sp³-hybridized carbons (Fsp3) is 0.444. The molecule has 1 aromatic heterocycles. The van der Waals surface area contributed by atoms with E-state index < -0.39 is 5.92 Å². The van der Waals surface area contributed by atoms with E-state index in [2.05, 4.69) is 23.8 Å². The molecule has 1 aromatic carbocycles. The van der Waals surface area contributed by atoms with E-state index in [0.29, 0.717) is 38.7 Å². The third kappa shape index (κ3) is 4.01. The molecule has 0 amide bonds. The Morgan fingerprint density at radius 2 is 2.04 bits per heavy atom. The number of H-pyrrole nitrogens is 1. The molecule has 1 N–H and O–H groups in total. The summed E-state index contributed by atoms with van der Waals surface area (Å²) >= 11 is 7.72. The van der Waals surface area contributed by atoms with Crippen molar-refractivity contribution >= 4 is 23.4 Å². The van der Waals surface area contributed by atoms with Gasteiger partial charge < -0.3 is 4.98 Å². The fourth-order valence-electron chi connectivity index (χ4n) is 2.58. The summed E-state index contributed by atoms with van der Waals surface area (Å²) in [6.07, 6.45) is 1.50. The van der Waals surface area contributed by atoms with Crippen LogP contribution in [0.5, 0.6) is 0 Å². The molecule has 3 nitrogen and oxygen atoms in total. The first-order valence-electron chi connectivity index (χ1n) is 8.12. The zero-order chi connectivity index (χ0) is 17.9. The summed E-state index contributed by atoms with van der Waals surface area (Å²) in [6, 6.07) is 4.61. The van der Waals surface area contributed by atoms with Gasteiger partial charge in [-0.3, -0.25) is 4.79 Å². The molecule has 0 radical (unpaired) electrons. The third-order valence-corrected chi connectivity index (χ3v) is 5.59. The second-order valence-corrected chi connectivity index (χ2v) is 7.62. The van der Waals surface area contributed by atoms with Crippen molar-refractivity contribution in [3.05, 3.63) is 56.2 Å². The molecule has 2 unspecified atom stereocenters. The number of aromatic amines is 1. The maximum absolute atomic E-state index is 14.3. The van der Waals surface area contributed by atoms with Crippen molar-refractivity contribution in [2.45, 2.75) is 56.9 Å². The van der Waals surface area contributed by atoms with E-state index in [1.165, 1.54) is 17.8 Å². The van der Waals surface area contributed by atoms with Gasteiger partial charge in [-0.25, -0.2) is 9.37 Å². The predicted molar refractivity (Wildman–Crippen MR) is 98.8 cm³/mol. The Labute approximate surface area is 151 Å². The lowest BCUT2D eigenvalue weighted by Crippen LogP contribution is -2.21. The van der Waals surface area contributed by atoms with Crippen LogP contribution in [0.3, 0.4) is 0 Å².